The summed E-state index contributed by atoms with van der Waals surface area (Å²) in [6.07, 6.45) is 2.55. The topological polar surface area (TPSA) is 62.8 Å². The molecule has 108 valence electrons. The lowest BCUT2D eigenvalue weighted by Gasteiger charge is -2.27. The van der Waals surface area contributed by atoms with Crippen molar-refractivity contribution in [3.05, 3.63) is 58.1 Å². The molecule has 2 aromatic rings. The van der Waals surface area contributed by atoms with Crippen LogP contribution in [0.5, 0.6) is 5.75 Å². The second-order valence-electron chi connectivity index (χ2n) is 5.49. The molecule has 3 rings (SSSR count). The van der Waals surface area contributed by atoms with Gasteiger partial charge in [-0.25, -0.2) is 0 Å². The third-order valence-electron chi connectivity index (χ3n) is 4.17. The van der Waals surface area contributed by atoms with Crippen molar-refractivity contribution in [3.63, 3.8) is 0 Å². The van der Waals surface area contributed by atoms with E-state index < -0.39 is 5.43 Å². The average Bonchev–Trinajstić information content (AvgIpc) is 2.77. The lowest BCUT2D eigenvalue weighted by atomic mass is 9.75. The van der Waals surface area contributed by atoms with E-state index in [0.29, 0.717) is 12.2 Å². The molecule has 2 heterocycles. The van der Waals surface area contributed by atoms with Crippen LogP contribution in [0.4, 0.5) is 5.69 Å². The Labute approximate surface area is 122 Å². The fraction of sp³-hybridized carbons (Fsp3) is 0.294. The molecule has 4 heteroatoms. The zero-order valence-electron chi connectivity index (χ0n) is 12.1. The van der Waals surface area contributed by atoms with E-state index in [4.69, 9.17) is 4.42 Å². The maximum atomic E-state index is 11.6. The van der Waals surface area contributed by atoms with Crippen molar-refractivity contribution in [1.82, 2.24) is 0 Å². The highest BCUT2D eigenvalue weighted by Crippen LogP contribution is 2.43. The van der Waals surface area contributed by atoms with Gasteiger partial charge in [-0.15, -0.1) is 0 Å². The minimum Gasteiger partial charge on any atom is -0.502 e. The Kier molecular flexibility index (Phi) is 3.16. The van der Waals surface area contributed by atoms with Crippen LogP contribution in [0.2, 0.25) is 0 Å². The molecule has 0 aliphatic carbocycles. The van der Waals surface area contributed by atoms with Gasteiger partial charge in [0, 0.05) is 23.6 Å². The Morgan fingerprint density at radius 1 is 1.29 bits per heavy atom. The summed E-state index contributed by atoms with van der Waals surface area (Å²) < 4.78 is 5.37. The van der Waals surface area contributed by atoms with Crippen molar-refractivity contribution >= 4 is 11.4 Å². The summed E-state index contributed by atoms with van der Waals surface area (Å²) >= 11 is 0. The largest absolute Gasteiger partial charge is 0.502 e. The van der Waals surface area contributed by atoms with Gasteiger partial charge in [0.15, 0.2) is 5.76 Å². The zero-order valence-corrected chi connectivity index (χ0v) is 12.1. The summed E-state index contributed by atoms with van der Waals surface area (Å²) in [5.74, 6) is 0.00131. The van der Waals surface area contributed by atoms with E-state index in [1.807, 2.05) is 24.3 Å². The van der Waals surface area contributed by atoms with Crippen molar-refractivity contribution < 1.29 is 9.52 Å². The van der Waals surface area contributed by atoms with Gasteiger partial charge in [0.2, 0.25) is 11.2 Å². The molecule has 1 aliphatic heterocycles. The van der Waals surface area contributed by atoms with Crippen molar-refractivity contribution in [1.29, 1.82) is 0 Å². The first-order valence-corrected chi connectivity index (χ1v) is 7.03. The van der Waals surface area contributed by atoms with E-state index >= 15 is 0 Å². The van der Waals surface area contributed by atoms with E-state index in [2.05, 4.69) is 18.8 Å². The molecule has 0 spiro atoms. The third kappa shape index (κ3) is 2.07. The number of hydrogen-bond donors (Lipinski definition) is 1. The first-order chi connectivity index (χ1) is 10.1. The van der Waals surface area contributed by atoms with Crippen LogP contribution < -0.4 is 5.43 Å². The molecule has 0 amide bonds. The minimum absolute atomic E-state index is 0.307. The van der Waals surface area contributed by atoms with E-state index in [-0.39, 0.29) is 11.2 Å². The molecule has 0 radical (unpaired) electrons. The Hall–Kier alpha value is -2.36. The van der Waals surface area contributed by atoms with Gasteiger partial charge in [-0.2, -0.15) is 0 Å². The van der Waals surface area contributed by atoms with E-state index in [1.54, 1.807) is 0 Å². The predicted molar refractivity (Wildman–Crippen MR) is 81.5 cm³/mol. The number of benzene rings is 1. The minimum atomic E-state index is -0.416. The number of nitrogens with zero attached hydrogens (tertiary/aromatic N) is 1. The van der Waals surface area contributed by atoms with Crippen LogP contribution in [0.15, 0.2) is 50.8 Å². The van der Waals surface area contributed by atoms with Crippen molar-refractivity contribution in [3.8, 4) is 5.75 Å². The molecule has 1 aromatic heterocycles. The first-order valence-electron chi connectivity index (χ1n) is 7.03. The van der Waals surface area contributed by atoms with Gasteiger partial charge < -0.3 is 9.52 Å². The van der Waals surface area contributed by atoms with Gasteiger partial charge in [-0.1, -0.05) is 25.1 Å². The molecule has 0 fully saturated rings. The highest BCUT2D eigenvalue weighted by Gasteiger charge is 2.39. The van der Waals surface area contributed by atoms with Crippen LogP contribution >= 0.6 is 0 Å². The SMILES string of the molecule is CCC1=Nc2ccccc2C1(C)Cc1occc(=O)c1O. The molecule has 1 aliphatic rings. The number of hydrogen-bond acceptors (Lipinski definition) is 4. The van der Waals surface area contributed by atoms with Crippen LogP contribution in [-0.4, -0.2) is 10.8 Å². The Balaban J connectivity index is 2.10. The number of rotatable bonds is 3. The molecule has 0 saturated heterocycles. The van der Waals surface area contributed by atoms with Gasteiger partial charge in [0.05, 0.1) is 12.0 Å². The Morgan fingerprint density at radius 2 is 2.05 bits per heavy atom. The van der Waals surface area contributed by atoms with Crippen molar-refractivity contribution in [2.45, 2.75) is 32.1 Å². The van der Waals surface area contributed by atoms with Gasteiger partial charge in [-0.3, -0.25) is 9.79 Å². The maximum absolute atomic E-state index is 11.6. The standard InChI is InChI=1S/C17H17NO3/c1-3-15-17(2,11-6-4-5-7-12(11)18-15)10-14-16(20)13(19)8-9-21-14/h4-9,20H,3,10H2,1-2H3. The zero-order chi connectivity index (χ0) is 15.0. The van der Waals surface area contributed by atoms with E-state index in [1.165, 1.54) is 12.3 Å². The second-order valence-corrected chi connectivity index (χ2v) is 5.49. The van der Waals surface area contributed by atoms with Gasteiger partial charge in [0.1, 0.15) is 0 Å². The molecule has 0 saturated carbocycles. The molecule has 1 atom stereocenters. The normalized spacial score (nSPS) is 20.2. The predicted octanol–water partition coefficient (Wildman–Crippen LogP) is 3.34. The van der Waals surface area contributed by atoms with E-state index in [9.17, 15) is 9.90 Å². The van der Waals surface area contributed by atoms with Crippen molar-refractivity contribution in [2.75, 3.05) is 0 Å². The van der Waals surface area contributed by atoms with Crippen molar-refractivity contribution in [2.24, 2.45) is 4.99 Å². The van der Waals surface area contributed by atoms with Gasteiger partial charge >= 0.3 is 0 Å². The van der Waals surface area contributed by atoms with Crippen LogP contribution in [0.3, 0.4) is 0 Å². The highest BCUT2D eigenvalue weighted by molar-refractivity contribution is 6.01. The molecule has 1 N–H and O–H groups in total. The molecule has 4 nitrogen and oxygen atoms in total. The van der Waals surface area contributed by atoms with Crippen LogP contribution in [0.25, 0.3) is 0 Å². The Bertz CT molecular complexity index is 776. The molecular weight excluding hydrogens is 266 g/mol. The third-order valence-corrected chi connectivity index (χ3v) is 4.17. The van der Waals surface area contributed by atoms with Gasteiger partial charge in [-0.05, 0) is 25.0 Å². The van der Waals surface area contributed by atoms with E-state index in [0.717, 1.165) is 23.4 Å². The van der Waals surface area contributed by atoms with Crippen LogP contribution in [0, 0.1) is 0 Å². The quantitative estimate of drug-likeness (QED) is 0.939. The average molecular weight is 283 g/mol. The Morgan fingerprint density at radius 3 is 2.81 bits per heavy atom. The summed E-state index contributed by atoms with van der Waals surface area (Å²) in [4.78, 5) is 16.3. The summed E-state index contributed by atoms with van der Waals surface area (Å²) in [5.41, 5.74) is 2.32. The smallest absolute Gasteiger partial charge is 0.226 e. The lowest BCUT2D eigenvalue weighted by molar-refractivity contribution is 0.384. The van der Waals surface area contributed by atoms with Crippen LogP contribution in [0.1, 0.15) is 31.6 Å². The summed E-state index contributed by atoms with van der Waals surface area (Å²) in [6, 6.07) is 9.18. The fourth-order valence-electron chi connectivity index (χ4n) is 3.03. The summed E-state index contributed by atoms with van der Waals surface area (Å²) in [6.45, 7) is 4.14. The van der Waals surface area contributed by atoms with Crippen LogP contribution in [-0.2, 0) is 11.8 Å². The maximum Gasteiger partial charge on any atom is 0.226 e. The first kappa shape index (κ1) is 13.6. The number of aromatic hydroxyl groups is 1. The van der Waals surface area contributed by atoms with Gasteiger partial charge in [0.25, 0.3) is 0 Å². The second kappa shape index (κ2) is 4.88. The monoisotopic (exact) mass is 283 g/mol. The molecule has 21 heavy (non-hydrogen) atoms. The number of aliphatic imine (C=N–C) groups is 1. The highest BCUT2D eigenvalue weighted by atomic mass is 16.4. The summed E-state index contributed by atoms with van der Waals surface area (Å²) in [5, 5.41) is 9.93. The molecule has 0 bridgehead atoms. The summed E-state index contributed by atoms with van der Waals surface area (Å²) in [7, 11) is 0. The number of para-hydroxylation sites is 1. The fourth-order valence-corrected chi connectivity index (χ4v) is 3.03. The molecular formula is C17H17NO3. The lowest BCUT2D eigenvalue weighted by Crippen LogP contribution is -2.32. The molecule has 1 aromatic carbocycles. The number of fused-ring (bicyclic) bond motifs is 1. The molecule has 1 unspecified atom stereocenters.